The Balaban J connectivity index is 1.31. The second kappa shape index (κ2) is 10.0. The van der Waals surface area contributed by atoms with Gasteiger partial charge in [-0.1, -0.05) is 50.6 Å². The first-order valence-electron chi connectivity index (χ1n) is 12.9. The molecule has 5 rings (SSSR count). The van der Waals surface area contributed by atoms with Crippen LogP contribution in [0, 0.1) is 5.92 Å². The Kier molecular flexibility index (Phi) is 6.82. The van der Waals surface area contributed by atoms with Gasteiger partial charge in [-0.25, -0.2) is 0 Å². The minimum absolute atomic E-state index is 0.183. The van der Waals surface area contributed by atoms with Crippen LogP contribution in [0.3, 0.4) is 0 Å². The molecule has 0 bridgehead atoms. The molecule has 4 aromatic rings. The molecule has 6 heteroatoms. The molecule has 36 heavy (non-hydrogen) atoms. The lowest BCUT2D eigenvalue weighted by atomic mass is 9.84. The normalized spacial score (nSPS) is 16.9. The maximum absolute atomic E-state index is 13.2. The number of rotatable bonds is 7. The van der Waals surface area contributed by atoms with Crippen LogP contribution in [-0.2, 0) is 12.1 Å². The van der Waals surface area contributed by atoms with Crippen LogP contribution in [-0.4, -0.2) is 52.5 Å². The van der Waals surface area contributed by atoms with Crippen LogP contribution in [0.5, 0.6) is 0 Å². The van der Waals surface area contributed by atoms with Gasteiger partial charge in [0, 0.05) is 50.2 Å². The molecule has 0 radical (unpaired) electrons. The molecule has 2 aromatic carbocycles. The summed E-state index contributed by atoms with van der Waals surface area (Å²) in [5.41, 5.74) is 2.59. The van der Waals surface area contributed by atoms with Gasteiger partial charge >= 0.3 is 0 Å². The predicted octanol–water partition coefficient (Wildman–Crippen LogP) is 5.58. The first kappa shape index (κ1) is 24.5. The topological polar surface area (TPSA) is 69.8 Å². The fourth-order valence-corrected chi connectivity index (χ4v) is 5.21. The number of hydrogen-bond acceptors (Lipinski definition) is 5. The van der Waals surface area contributed by atoms with Crippen molar-refractivity contribution >= 4 is 27.8 Å². The zero-order valence-corrected chi connectivity index (χ0v) is 21.4. The first-order valence-corrected chi connectivity index (χ1v) is 12.9. The van der Waals surface area contributed by atoms with Crippen molar-refractivity contribution in [3.8, 4) is 0 Å². The summed E-state index contributed by atoms with van der Waals surface area (Å²) in [6.07, 6.45) is 4.36. The lowest BCUT2D eigenvalue weighted by molar-refractivity contribution is -0.0283. The molecule has 0 aliphatic carbocycles. The van der Waals surface area contributed by atoms with Gasteiger partial charge in [-0.3, -0.25) is 9.78 Å². The Morgan fingerprint density at radius 1 is 1.14 bits per heavy atom. The zero-order chi connectivity index (χ0) is 25.3. The summed E-state index contributed by atoms with van der Waals surface area (Å²) >= 11 is 0. The number of benzene rings is 2. The number of pyridine rings is 1. The molecule has 1 atom stereocenters. The second-order valence-corrected chi connectivity index (χ2v) is 10.4. The predicted molar refractivity (Wildman–Crippen MR) is 143 cm³/mol. The Hall–Kier alpha value is -3.22. The average Bonchev–Trinajstić information content (AvgIpc) is 3.33. The quantitative estimate of drug-likeness (QED) is 0.370. The summed E-state index contributed by atoms with van der Waals surface area (Å²) in [6, 6.07) is 17.5. The summed E-state index contributed by atoms with van der Waals surface area (Å²) in [4.78, 5) is 21.8. The van der Waals surface area contributed by atoms with Gasteiger partial charge in [0.25, 0.3) is 5.91 Å². The number of aromatic nitrogens is 1. The lowest BCUT2D eigenvalue weighted by Gasteiger charge is -2.39. The summed E-state index contributed by atoms with van der Waals surface area (Å²) < 4.78 is 5.93. The van der Waals surface area contributed by atoms with Crippen LogP contribution in [0.25, 0.3) is 21.9 Å². The van der Waals surface area contributed by atoms with E-state index in [4.69, 9.17) is 4.42 Å². The van der Waals surface area contributed by atoms with Crippen LogP contribution in [0.1, 0.15) is 54.8 Å². The number of carbonyl (C=O) groups excluding carboxylic acids is 1. The third-order valence-electron chi connectivity index (χ3n) is 7.68. The Morgan fingerprint density at radius 3 is 2.69 bits per heavy atom. The first-order chi connectivity index (χ1) is 17.4. The third-order valence-corrected chi connectivity index (χ3v) is 7.68. The number of piperidine rings is 1. The summed E-state index contributed by atoms with van der Waals surface area (Å²) in [5, 5.41) is 13.3. The molecule has 1 saturated heterocycles. The average molecular weight is 486 g/mol. The van der Waals surface area contributed by atoms with Gasteiger partial charge in [0.1, 0.15) is 5.58 Å². The molecular formula is C30H35N3O3. The molecule has 1 fully saturated rings. The second-order valence-electron chi connectivity index (χ2n) is 10.4. The van der Waals surface area contributed by atoms with Crippen molar-refractivity contribution in [2.45, 2.75) is 45.3 Å². The number of para-hydroxylation sites is 1. The zero-order valence-electron chi connectivity index (χ0n) is 21.4. The Morgan fingerprint density at radius 2 is 1.92 bits per heavy atom. The van der Waals surface area contributed by atoms with E-state index in [1.165, 1.54) is 6.42 Å². The molecule has 0 spiro atoms. The van der Waals surface area contributed by atoms with Crippen molar-refractivity contribution in [3.63, 3.8) is 0 Å². The molecule has 6 nitrogen and oxygen atoms in total. The van der Waals surface area contributed by atoms with Gasteiger partial charge in [0.2, 0.25) is 0 Å². The maximum Gasteiger partial charge on any atom is 0.289 e. The van der Waals surface area contributed by atoms with Crippen LogP contribution in [0.4, 0.5) is 0 Å². The molecule has 0 saturated carbocycles. The van der Waals surface area contributed by atoms with E-state index >= 15 is 0 Å². The van der Waals surface area contributed by atoms with Gasteiger partial charge in [-0.15, -0.1) is 0 Å². The van der Waals surface area contributed by atoms with Gasteiger partial charge in [0.15, 0.2) is 5.76 Å². The molecule has 1 aliphatic heterocycles. The van der Waals surface area contributed by atoms with Crippen LogP contribution in [0.15, 0.2) is 65.2 Å². The van der Waals surface area contributed by atoms with Crippen LogP contribution in [0.2, 0.25) is 0 Å². The van der Waals surface area contributed by atoms with E-state index in [1.807, 2.05) is 48.5 Å². The molecule has 1 N–H and O–H groups in total. The van der Waals surface area contributed by atoms with E-state index in [0.29, 0.717) is 36.6 Å². The molecular weight excluding hydrogens is 450 g/mol. The highest BCUT2D eigenvalue weighted by Crippen LogP contribution is 2.35. The van der Waals surface area contributed by atoms with Gasteiger partial charge in [0.05, 0.1) is 11.1 Å². The standard InChI is InChI=1S/C30H35N3O3/c1-4-21(2)19-33-15-12-30(35,13-16-33)25-10-11-26-24(17-25)18-27(36-26)29(34)32(3)20-23-8-5-7-22-9-6-14-31-28(22)23/h5-11,14,17-18,21,35H,4,12-13,15-16,19-20H2,1-3H3/t21-/m0/s1. The van der Waals surface area contributed by atoms with Crippen LogP contribution < -0.4 is 0 Å². The number of hydrogen-bond donors (Lipinski definition) is 1. The van der Waals surface area contributed by atoms with E-state index in [2.05, 4.69) is 23.7 Å². The van der Waals surface area contributed by atoms with Crippen molar-refractivity contribution in [1.82, 2.24) is 14.8 Å². The molecule has 2 aromatic heterocycles. The van der Waals surface area contributed by atoms with Crippen LogP contribution >= 0.6 is 0 Å². The molecule has 3 heterocycles. The monoisotopic (exact) mass is 485 g/mol. The van der Waals surface area contributed by atoms with Crippen molar-refractivity contribution in [3.05, 3.63) is 77.7 Å². The number of carbonyl (C=O) groups is 1. The number of aliphatic hydroxyl groups is 1. The summed E-state index contributed by atoms with van der Waals surface area (Å²) in [7, 11) is 1.78. The SMILES string of the molecule is CC[C@H](C)CN1CCC(O)(c2ccc3oc(C(=O)N(C)Cc4cccc5cccnc45)cc3c2)CC1. The Labute approximate surface area is 212 Å². The fraction of sp³-hybridized carbons (Fsp3) is 0.400. The fourth-order valence-electron chi connectivity index (χ4n) is 5.21. The molecule has 1 aliphatic rings. The minimum Gasteiger partial charge on any atom is -0.451 e. The highest BCUT2D eigenvalue weighted by atomic mass is 16.3. The van der Waals surface area contributed by atoms with Gasteiger partial charge in [-0.05, 0) is 54.2 Å². The minimum atomic E-state index is -0.847. The largest absolute Gasteiger partial charge is 0.451 e. The van der Waals surface area contributed by atoms with E-state index in [0.717, 1.165) is 47.1 Å². The van der Waals surface area contributed by atoms with E-state index < -0.39 is 5.60 Å². The van der Waals surface area contributed by atoms with Gasteiger partial charge in [-0.2, -0.15) is 0 Å². The number of fused-ring (bicyclic) bond motifs is 2. The van der Waals surface area contributed by atoms with E-state index in [1.54, 1.807) is 24.2 Å². The van der Waals surface area contributed by atoms with E-state index in [-0.39, 0.29) is 5.91 Å². The number of nitrogens with zero attached hydrogens (tertiary/aromatic N) is 3. The molecule has 0 unspecified atom stereocenters. The molecule has 1 amide bonds. The number of likely N-dealkylation sites (tertiary alicyclic amines) is 1. The highest BCUT2D eigenvalue weighted by molar-refractivity contribution is 5.96. The lowest BCUT2D eigenvalue weighted by Crippen LogP contribution is -2.43. The van der Waals surface area contributed by atoms with E-state index in [9.17, 15) is 9.90 Å². The van der Waals surface area contributed by atoms with Crippen molar-refractivity contribution < 1.29 is 14.3 Å². The number of furan rings is 1. The highest BCUT2D eigenvalue weighted by Gasteiger charge is 2.34. The maximum atomic E-state index is 13.2. The Bertz CT molecular complexity index is 1370. The smallest absolute Gasteiger partial charge is 0.289 e. The van der Waals surface area contributed by atoms with Crippen molar-refractivity contribution in [2.24, 2.45) is 5.92 Å². The summed E-state index contributed by atoms with van der Waals surface area (Å²) in [6.45, 7) is 7.80. The summed E-state index contributed by atoms with van der Waals surface area (Å²) in [5.74, 6) is 0.787. The molecule has 188 valence electrons. The third kappa shape index (κ3) is 4.88. The number of amides is 1. The van der Waals surface area contributed by atoms with Crippen molar-refractivity contribution in [2.75, 3.05) is 26.7 Å². The van der Waals surface area contributed by atoms with Gasteiger partial charge < -0.3 is 19.3 Å². The van der Waals surface area contributed by atoms with Crippen molar-refractivity contribution in [1.29, 1.82) is 0 Å².